The van der Waals surface area contributed by atoms with Crippen LogP contribution in [0.3, 0.4) is 0 Å². The second-order valence-electron chi connectivity index (χ2n) is 22.3. The molecule has 84 heavy (non-hydrogen) atoms. The number of halogens is 3. The number of imide groups is 3. The summed E-state index contributed by atoms with van der Waals surface area (Å²) >= 11 is 6.16. The van der Waals surface area contributed by atoms with Crippen LogP contribution in [-0.2, 0) is 19.2 Å². The van der Waals surface area contributed by atoms with Crippen LogP contribution in [0.1, 0.15) is 122 Å². The SMILES string of the molecule is N#Cc1ccc(OC2CCC(NC(=O)c3ccc(N4CCC(CN5CCN(c6cc7c(cc6F)C(=O)N(C(CCC(N)=O)C(=O)N6CCN(c8cc9c(cc8F)C(=O)N(C8CCC(=O)NC8=O)C9=O)CC6)C7=O)CC5)CC4)nn3)CC2)cc1Cl. The molecule has 1 aromatic heterocycles. The molecule has 4 N–H and O–H groups in total. The van der Waals surface area contributed by atoms with Crippen molar-refractivity contribution in [2.24, 2.45) is 11.7 Å². The summed E-state index contributed by atoms with van der Waals surface area (Å²) in [4.78, 5) is 130. The third-order valence-electron chi connectivity index (χ3n) is 17.1. The summed E-state index contributed by atoms with van der Waals surface area (Å²) in [5.41, 5.74) is 5.56. The first kappa shape index (κ1) is 57.2. The number of piperazine rings is 2. The lowest BCUT2D eigenvalue weighted by molar-refractivity contribution is -0.137. The van der Waals surface area contributed by atoms with Crippen LogP contribution in [0.5, 0.6) is 5.75 Å². The standard InChI is InChI=1S/C58H60ClF2N13O10/c59-41-25-36(4-1-33(41)30-62)84-35-5-2-34(3-6-35)64-52(77)44-7-11-50(67-66-44)71-15-13-32(14-16-71)31-68-17-19-69(20-18-68)47-29-40-38(27-42(47)60)55(80)74(57(40)82)46(8-10-49(63)75)58(83)72-23-21-70(22-24-72)48-28-39-37(26-43(48)61)54(79)73(56(39)81)45-9-12-51(76)65-53(45)78/h1,4,7,11,25-29,32,34-35,45-46H,2-3,5-6,8-10,12-24,31H2,(H2,63,75)(H,64,77)(H,65,76,78). The number of hydrogen-bond acceptors (Lipinski definition) is 17. The number of anilines is 3. The topological polar surface area (TPSA) is 285 Å². The number of nitrogens with zero attached hydrogens (tertiary/aromatic N) is 10. The van der Waals surface area contributed by atoms with Crippen molar-refractivity contribution in [3.8, 4) is 11.8 Å². The van der Waals surface area contributed by atoms with Crippen molar-refractivity contribution < 1.29 is 56.7 Å². The number of nitrogens with one attached hydrogen (secondary N) is 2. The Labute approximate surface area is 485 Å². The van der Waals surface area contributed by atoms with Crippen molar-refractivity contribution in [2.45, 2.75) is 88.4 Å². The molecule has 23 nitrogen and oxygen atoms in total. The lowest BCUT2D eigenvalue weighted by atomic mass is 9.93. The normalized spacial score (nSPS) is 21.8. The quantitative estimate of drug-likeness (QED) is 0.144. The van der Waals surface area contributed by atoms with Crippen molar-refractivity contribution in [3.05, 3.63) is 105 Å². The Balaban J connectivity index is 0.646. The number of carbonyl (C=O) groups excluding carboxylic acids is 9. The molecule has 2 unspecified atom stereocenters. The Morgan fingerprint density at radius 3 is 1.92 bits per heavy atom. The first-order valence-electron chi connectivity index (χ1n) is 28.2. The summed E-state index contributed by atoms with van der Waals surface area (Å²) in [5, 5.41) is 23.4. The minimum absolute atomic E-state index is 0.0175. The van der Waals surface area contributed by atoms with Gasteiger partial charge in [0, 0.05) is 96.9 Å². The summed E-state index contributed by atoms with van der Waals surface area (Å²) in [6, 6.07) is 12.3. The Morgan fingerprint density at radius 2 is 1.33 bits per heavy atom. The fourth-order valence-corrected chi connectivity index (χ4v) is 12.7. The van der Waals surface area contributed by atoms with Crippen LogP contribution >= 0.6 is 11.6 Å². The van der Waals surface area contributed by atoms with E-state index in [1.807, 2.05) is 17.0 Å². The fraction of sp³-hybridized carbons (Fsp3) is 0.448. The van der Waals surface area contributed by atoms with E-state index < -0.39 is 71.0 Å². The van der Waals surface area contributed by atoms with Crippen molar-refractivity contribution in [3.63, 3.8) is 0 Å². The Hall–Kier alpha value is -8.63. The van der Waals surface area contributed by atoms with Crippen LogP contribution in [0.25, 0.3) is 0 Å². The highest BCUT2D eigenvalue weighted by Crippen LogP contribution is 2.36. The van der Waals surface area contributed by atoms with E-state index in [2.05, 4.69) is 30.6 Å². The highest BCUT2D eigenvalue weighted by Gasteiger charge is 2.48. The molecule has 9 amide bonds. The number of hydrogen-bond donors (Lipinski definition) is 3. The number of carbonyl (C=O) groups is 9. The number of fused-ring (bicyclic) bond motifs is 2. The average Bonchev–Trinajstić information content (AvgIpc) is 3.77. The van der Waals surface area contributed by atoms with E-state index in [0.717, 1.165) is 80.1 Å². The second-order valence-corrected chi connectivity index (χ2v) is 22.7. The number of primary amides is 1. The maximum absolute atomic E-state index is 16.1. The summed E-state index contributed by atoms with van der Waals surface area (Å²) < 4.78 is 37.9. The molecule has 0 radical (unpaired) electrons. The van der Waals surface area contributed by atoms with Gasteiger partial charge >= 0.3 is 0 Å². The van der Waals surface area contributed by atoms with Crippen LogP contribution in [0.2, 0.25) is 5.02 Å². The summed E-state index contributed by atoms with van der Waals surface area (Å²) in [6.45, 7) is 4.40. The number of benzene rings is 3. The van der Waals surface area contributed by atoms with E-state index in [1.165, 1.54) is 17.0 Å². The monoisotopic (exact) mass is 1170 g/mol. The molecule has 0 spiro atoms. The predicted octanol–water partition coefficient (Wildman–Crippen LogP) is 3.42. The highest BCUT2D eigenvalue weighted by molar-refractivity contribution is 6.32. The van der Waals surface area contributed by atoms with E-state index in [-0.39, 0.29) is 109 Å². The number of rotatable bonds is 15. The minimum atomic E-state index is -1.49. The van der Waals surface area contributed by atoms with E-state index in [9.17, 15) is 43.2 Å². The maximum atomic E-state index is 16.1. The molecule has 5 fully saturated rings. The number of ether oxygens (including phenoxy) is 1. The molecule has 1 aliphatic carbocycles. The van der Waals surface area contributed by atoms with Crippen LogP contribution in [0, 0.1) is 28.9 Å². The smallest absolute Gasteiger partial charge is 0.272 e. The zero-order chi connectivity index (χ0) is 59.1. The molecular formula is C58H60ClF2N13O10. The zero-order valence-corrected chi connectivity index (χ0v) is 46.5. The van der Waals surface area contributed by atoms with Gasteiger partial charge in [0.2, 0.25) is 23.6 Å². The van der Waals surface area contributed by atoms with Crippen LogP contribution < -0.4 is 35.8 Å². The van der Waals surface area contributed by atoms with Gasteiger partial charge < -0.3 is 35.4 Å². The number of amides is 9. The third-order valence-corrected chi connectivity index (χ3v) is 17.4. The van der Waals surface area contributed by atoms with Crippen molar-refractivity contribution in [1.29, 1.82) is 5.26 Å². The number of aromatic nitrogens is 2. The van der Waals surface area contributed by atoms with Gasteiger partial charge in [-0.1, -0.05) is 11.6 Å². The fourth-order valence-electron chi connectivity index (χ4n) is 12.5. The molecule has 4 aromatic rings. The predicted molar refractivity (Wildman–Crippen MR) is 297 cm³/mol. The molecule has 2 atom stereocenters. The van der Waals surface area contributed by atoms with Gasteiger partial charge in [-0.05, 0) is 106 Å². The molecule has 11 rings (SSSR count). The Bertz CT molecular complexity index is 3410. The van der Waals surface area contributed by atoms with Gasteiger partial charge in [-0.15, -0.1) is 10.2 Å². The minimum Gasteiger partial charge on any atom is -0.490 e. The number of nitriles is 1. The van der Waals surface area contributed by atoms with Crippen LogP contribution in [0.15, 0.2) is 54.6 Å². The Morgan fingerprint density at radius 1 is 0.726 bits per heavy atom. The average molecular weight is 1170 g/mol. The van der Waals surface area contributed by atoms with Crippen LogP contribution in [-0.4, -0.2) is 179 Å². The molecule has 7 heterocycles. The van der Waals surface area contributed by atoms with Gasteiger partial charge in [-0.2, -0.15) is 5.26 Å². The largest absolute Gasteiger partial charge is 0.490 e. The maximum Gasteiger partial charge on any atom is 0.272 e. The van der Waals surface area contributed by atoms with Crippen molar-refractivity contribution in [1.82, 2.24) is 40.4 Å². The summed E-state index contributed by atoms with van der Waals surface area (Å²) in [5.74, 6) is -6.35. The first-order chi connectivity index (χ1) is 40.4. The van der Waals surface area contributed by atoms with Gasteiger partial charge in [-0.3, -0.25) is 63.2 Å². The molecule has 6 aliphatic heterocycles. The first-order valence-corrected chi connectivity index (χ1v) is 28.6. The van der Waals surface area contributed by atoms with Crippen molar-refractivity contribution in [2.75, 3.05) is 86.7 Å². The van der Waals surface area contributed by atoms with Crippen molar-refractivity contribution >= 4 is 82.0 Å². The van der Waals surface area contributed by atoms with Gasteiger partial charge in [0.05, 0.1) is 50.3 Å². The lowest BCUT2D eigenvalue weighted by Crippen LogP contribution is -2.56. The molecule has 438 valence electrons. The van der Waals surface area contributed by atoms with E-state index in [0.29, 0.717) is 54.3 Å². The number of nitrogens with two attached hydrogens (primary N) is 1. The van der Waals surface area contributed by atoms with Gasteiger partial charge in [0.1, 0.15) is 35.5 Å². The van der Waals surface area contributed by atoms with E-state index in [1.54, 1.807) is 29.2 Å². The molecular weight excluding hydrogens is 1110 g/mol. The summed E-state index contributed by atoms with van der Waals surface area (Å²) in [6.07, 6.45) is 3.91. The van der Waals surface area contributed by atoms with Gasteiger partial charge in [0.25, 0.3) is 29.5 Å². The number of piperidine rings is 2. The third kappa shape index (κ3) is 11.6. The molecule has 26 heteroatoms. The second kappa shape index (κ2) is 23.9. The molecule has 1 saturated carbocycles. The zero-order valence-electron chi connectivity index (χ0n) is 45.7. The molecule has 4 saturated heterocycles. The Kier molecular flexibility index (Phi) is 16.3. The van der Waals surface area contributed by atoms with E-state index >= 15 is 8.78 Å². The summed E-state index contributed by atoms with van der Waals surface area (Å²) in [7, 11) is 0. The van der Waals surface area contributed by atoms with Gasteiger partial charge in [0.15, 0.2) is 11.5 Å². The van der Waals surface area contributed by atoms with E-state index in [4.69, 9.17) is 27.3 Å². The molecule has 0 bridgehead atoms. The highest BCUT2D eigenvalue weighted by atomic mass is 35.5. The van der Waals surface area contributed by atoms with Crippen LogP contribution in [0.4, 0.5) is 26.0 Å². The van der Waals surface area contributed by atoms with Gasteiger partial charge in [-0.25, -0.2) is 8.78 Å². The molecule has 7 aliphatic rings. The lowest BCUT2D eigenvalue weighted by Gasteiger charge is -2.40. The molecule has 3 aromatic carbocycles.